The van der Waals surface area contributed by atoms with Crippen LogP contribution in [-0.2, 0) is 16.4 Å². The van der Waals surface area contributed by atoms with Crippen LogP contribution in [0.25, 0.3) is 0 Å². The van der Waals surface area contributed by atoms with E-state index in [-0.39, 0.29) is 11.4 Å². The van der Waals surface area contributed by atoms with Gasteiger partial charge in [0.2, 0.25) is 10.0 Å². The number of hydrogen-bond acceptors (Lipinski definition) is 4. The smallest absolute Gasteiger partial charge is 0.251 e. The van der Waals surface area contributed by atoms with E-state index in [0.717, 1.165) is 18.4 Å². The van der Waals surface area contributed by atoms with Gasteiger partial charge in [0.05, 0.1) is 11.9 Å². The molecule has 0 spiro atoms. The number of benzene rings is 1. The van der Waals surface area contributed by atoms with E-state index in [0.29, 0.717) is 36.7 Å². The fourth-order valence-corrected chi connectivity index (χ4v) is 5.52. The maximum atomic E-state index is 12.8. The largest absolute Gasteiger partial charge is 0.350 e. The summed E-state index contributed by atoms with van der Waals surface area (Å²) in [5.74, 6) is 0.579. The molecule has 0 unspecified atom stereocenters. The summed E-state index contributed by atoms with van der Waals surface area (Å²) in [5.41, 5.74) is 2.22. The normalized spacial score (nSPS) is 25.5. The van der Waals surface area contributed by atoms with Crippen molar-refractivity contribution in [3.63, 3.8) is 0 Å². The first kappa shape index (κ1) is 20.1. The molecule has 1 N–H and O–H groups in total. The van der Waals surface area contributed by atoms with Crippen molar-refractivity contribution in [1.82, 2.24) is 10.2 Å². The van der Waals surface area contributed by atoms with Crippen LogP contribution in [0.2, 0.25) is 0 Å². The molecule has 150 valence electrons. The standard InChI is InChI=1S/C20H31N3O3S/c1-15-6-5-10-20(13-15,22(2)3)14-21-19(24)17-7-8-18-16(12-17)9-11-23(18)27(4,25)26/h7-8,12,15H,5-6,9-11,13-14H2,1-4H3,(H,21,24)/t15-,20-/m0/s1. The maximum absolute atomic E-state index is 12.8. The van der Waals surface area contributed by atoms with Gasteiger partial charge < -0.3 is 10.2 Å². The second-order valence-electron chi connectivity index (χ2n) is 8.43. The third-order valence-electron chi connectivity index (χ3n) is 6.19. The Bertz CT molecular complexity index is 822. The average molecular weight is 394 g/mol. The highest BCUT2D eigenvalue weighted by Crippen LogP contribution is 2.35. The molecule has 1 saturated carbocycles. The zero-order valence-corrected chi connectivity index (χ0v) is 17.6. The monoisotopic (exact) mass is 393 g/mol. The Morgan fingerprint density at radius 1 is 1.37 bits per heavy atom. The van der Waals surface area contributed by atoms with Crippen LogP contribution in [0, 0.1) is 5.92 Å². The Kier molecular flexibility index (Phi) is 5.54. The molecule has 1 fully saturated rings. The number of rotatable bonds is 5. The lowest BCUT2D eigenvalue weighted by Crippen LogP contribution is -2.55. The van der Waals surface area contributed by atoms with Gasteiger partial charge in [-0.25, -0.2) is 8.42 Å². The van der Waals surface area contributed by atoms with E-state index >= 15 is 0 Å². The molecule has 2 aliphatic rings. The zero-order valence-electron chi connectivity index (χ0n) is 16.8. The molecule has 0 radical (unpaired) electrons. The van der Waals surface area contributed by atoms with Crippen LogP contribution >= 0.6 is 0 Å². The summed E-state index contributed by atoms with van der Waals surface area (Å²) >= 11 is 0. The molecule has 1 heterocycles. The molecular weight excluding hydrogens is 362 g/mol. The zero-order chi connectivity index (χ0) is 19.8. The Balaban J connectivity index is 1.72. The number of nitrogens with zero attached hydrogens (tertiary/aromatic N) is 2. The summed E-state index contributed by atoms with van der Waals surface area (Å²) in [6, 6.07) is 5.31. The highest BCUT2D eigenvalue weighted by molar-refractivity contribution is 7.92. The van der Waals surface area contributed by atoms with E-state index in [4.69, 9.17) is 0 Å². The van der Waals surface area contributed by atoms with E-state index in [2.05, 4.69) is 31.2 Å². The molecule has 6 nitrogen and oxygen atoms in total. The minimum Gasteiger partial charge on any atom is -0.350 e. The van der Waals surface area contributed by atoms with Crippen molar-refractivity contribution in [2.45, 2.75) is 44.6 Å². The lowest BCUT2D eigenvalue weighted by Gasteiger charge is -2.45. The summed E-state index contributed by atoms with van der Waals surface area (Å²) in [6.45, 7) is 3.36. The Labute approximate surface area is 163 Å². The van der Waals surface area contributed by atoms with Crippen LogP contribution in [0.5, 0.6) is 0 Å². The fourth-order valence-electron chi connectivity index (χ4n) is 4.56. The van der Waals surface area contributed by atoms with Crippen LogP contribution < -0.4 is 9.62 Å². The molecule has 1 aromatic carbocycles. The van der Waals surface area contributed by atoms with E-state index in [1.54, 1.807) is 12.1 Å². The van der Waals surface area contributed by atoms with Crippen LogP contribution in [0.1, 0.15) is 48.5 Å². The molecule has 2 atom stereocenters. The summed E-state index contributed by atoms with van der Waals surface area (Å²) in [4.78, 5) is 15.0. The van der Waals surface area contributed by atoms with Gasteiger partial charge in [-0.3, -0.25) is 9.10 Å². The van der Waals surface area contributed by atoms with E-state index in [1.165, 1.54) is 23.4 Å². The lowest BCUT2D eigenvalue weighted by atomic mass is 9.75. The Morgan fingerprint density at radius 3 is 2.74 bits per heavy atom. The molecule has 1 aromatic rings. The molecule has 0 aromatic heterocycles. The number of sulfonamides is 1. The van der Waals surface area contributed by atoms with Gasteiger partial charge >= 0.3 is 0 Å². The number of nitrogens with one attached hydrogen (secondary N) is 1. The first-order valence-corrected chi connectivity index (χ1v) is 11.5. The Hall–Kier alpha value is -1.60. The third-order valence-corrected chi connectivity index (χ3v) is 7.37. The fraction of sp³-hybridized carbons (Fsp3) is 0.650. The van der Waals surface area contributed by atoms with Gasteiger partial charge in [-0.05, 0) is 63.0 Å². The number of carbonyl (C=O) groups is 1. The van der Waals surface area contributed by atoms with Gasteiger partial charge in [0.15, 0.2) is 0 Å². The average Bonchev–Trinajstić information content (AvgIpc) is 3.03. The van der Waals surface area contributed by atoms with Crippen LogP contribution in [-0.4, -0.2) is 58.2 Å². The second-order valence-corrected chi connectivity index (χ2v) is 10.3. The number of fused-ring (bicyclic) bond motifs is 1. The van der Waals surface area contributed by atoms with Crippen LogP contribution in [0.3, 0.4) is 0 Å². The SMILES string of the molecule is C[C@H]1CCC[C@](CNC(=O)c2ccc3c(c2)CCN3S(C)(=O)=O)(N(C)C)C1. The van der Waals surface area contributed by atoms with Crippen molar-refractivity contribution >= 4 is 21.6 Å². The molecule has 1 aliphatic carbocycles. The predicted molar refractivity (Wildman–Crippen MR) is 109 cm³/mol. The first-order valence-electron chi connectivity index (χ1n) is 9.69. The van der Waals surface area contributed by atoms with Crippen molar-refractivity contribution in [3.05, 3.63) is 29.3 Å². The molecule has 3 rings (SSSR count). The number of likely N-dealkylation sites (N-methyl/N-ethyl adjacent to an activating group) is 1. The van der Waals surface area contributed by atoms with Gasteiger partial charge in [0, 0.05) is 24.2 Å². The van der Waals surface area contributed by atoms with Crippen molar-refractivity contribution in [2.24, 2.45) is 5.92 Å². The first-order chi connectivity index (χ1) is 12.6. The molecule has 7 heteroatoms. The van der Waals surface area contributed by atoms with Gasteiger partial charge in [0.25, 0.3) is 5.91 Å². The topological polar surface area (TPSA) is 69.7 Å². The number of hydrogen-bond donors (Lipinski definition) is 1. The molecule has 1 amide bonds. The minimum absolute atomic E-state index is 0.0111. The molecule has 0 bridgehead atoms. The van der Waals surface area contributed by atoms with Gasteiger partial charge in [-0.15, -0.1) is 0 Å². The molecule has 0 saturated heterocycles. The summed E-state index contributed by atoms with van der Waals surface area (Å²) in [6.07, 6.45) is 6.49. The lowest BCUT2D eigenvalue weighted by molar-refractivity contribution is 0.0675. The number of carbonyl (C=O) groups excluding carboxylic acids is 1. The minimum atomic E-state index is -3.27. The van der Waals surface area contributed by atoms with Crippen LogP contribution in [0.15, 0.2) is 18.2 Å². The van der Waals surface area contributed by atoms with Gasteiger partial charge in [-0.2, -0.15) is 0 Å². The summed E-state index contributed by atoms with van der Waals surface area (Å²) in [5, 5.41) is 3.13. The quantitative estimate of drug-likeness (QED) is 0.833. The second kappa shape index (κ2) is 7.43. The van der Waals surface area contributed by atoms with E-state index in [9.17, 15) is 13.2 Å². The molecular formula is C20H31N3O3S. The number of anilines is 1. The van der Waals surface area contributed by atoms with E-state index < -0.39 is 10.0 Å². The molecule has 27 heavy (non-hydrogen) atoms. The third kappa shape index (κ3) is 4.14. The Morgan fingerprint density at radius 2 is 2.11 bits per heavy atom. The van der Waals surface area contributed by atoms with Crippen LogP contribution in [0.4, 0.5) is 5.69 Å². The van der Waals surface area contributed by atoms with Crippen molar-refractivity contribution in [2.75, 3.05) is 37.7 Å². The summed E-state index contributed by atoms with van der Waals surface area (Å²) < 4.78 is 25.1. The highest BCUT2D eigenvalue weighted by atomic mass is 32.2. The van der Waals surface area contributed by atoms with Crippen molar-refractivity contribution < 1.29 is 13.2 Å². The van der Waals surface area contributed by atoms with Gasteiger partial charge in [-0.1, -0.05) is 19.8 Å². The highest BCUT2D eigenvalue weighted by Gasteiger charge is 2.37. The molecule has 1 aliphatic heterocycles. The van der Waals surface area contributed by atoms with Crippen molar-refractivity contribution in [3.8, 4) is 0 Å². The van der Waals surface area contributed by atoms with Gasteiger partial charge in [0.1, 0.15) is 0 Å². The maximum Gasteiger partial charge on any atom is 0.251 e. The predicted octanol–water partition coefficient (Wildman–Crippen LogP) is 2.25. The van der Waals surface area contributed by atoms with E-state index in [1.807, 2.05) is 6.07 Å². The summed E-state index contributed by atoms with van der Waals surface area (Å²) in [7, 11) is 0.924. The van der Waals surface area contributed by atoms with Crippen molar-refractivity contribution in [1.29, 1.82) is 0 Å². The number of amides is 1.